The molecule has 2 aromatic heterocycles. The number of rotatable bonds is 6. The molecule has 4 aromatic rings. The SMILES string of the molecule is CN(CCCNc1cc(=O)c2ccccc2[nH]1)c1cnc2ccccc2c1. The monoisotopic (exact) mass is 358 g/mol. The molecule has 0 saturated heterocycles. The van der Waals surface area contributed by atoms with Gasteiger partial charge < -0.3 is 15.2 Å². The van der Waals surface area contributed by atoms with Gasteiger partial charge in [0, 0.05) is 37.0 Å². The molecule has 0 atom stereocenters. The average Bonchev–Trinajstić information content (AvgIpc) is 2.71. The van der Waals surface area contributed by atoms with Crippen molar-refractivity contribution in [3.63, 3.8) is 0 Å². The van der Waals surface area contributed by atoms with Crippen LogP contribution in [0.4, 0.5) is 11.5 Å². The van der Waals surface area contributed by atoms with Gasteiger partial charge in [-0.1, -0.05) is 30.3 Å². The zero-order chi connectivity index (χ0) is 18.6. The molecule has 0 spiro atoms. The van der Waals surface area contributed by atoms with Crippen molar-refractivity contribution in [1.29, 1.82) is 0 Å². The molecule has 2 aromatic carbocycles. The second kappa shape index (κ2) is 7.50. The second-order valence-electron chi connectivity index (χ2n) is 6.68. The maximum atomic E-state index is 12.2. The Bertz CT molecular complexity index is 1140. The molecular formula is C22H22N4O. The maximum absolute atomic E-state index is 12.2. The van der Waals surface area contributed by atoms with Gasteiger partial charge in [-0.3, -0.25) is 9.78 Å². The molecule has 0 aliphatic carbocycles. The van der Waals surface area contributed by atoms with Crippen molar-refractivity contribution in [3.05, 3.63) is 77.1 Å². The number of fused-ring (bicyclic) bond motifs is 2. The Balaban J connectivity index is 1.36. The standard InChI is InChI=1S/C22H22N4O/c1-26(17-13-16-7-2-4-9-19(16)24-15-17)12-6-11-23-22-14-21(27)18-8-3-5-10-20(18)25-22/h2-5,7-10,13-15H,6,11-12H2,1H3,(H2,23,25,27). The smallest absolute Gasteiger partial charge is 0.191 e. The Morgan fingerprint density at radius 1 is 1.07 bits per heavy atom. The van der Waals surface area contributed by atoms with Gasteiger partial charge in [0.25, 0.3) is 0 Å². The lowest BCUT2D eigenvalue weighted by Gasteiger charge is -2.19. The largest absolute Gasteiger partial charge is 0.373 e. The molecule has 2 heterocycles. The molecule has 0 unspecified atom stereocenters. The summed E-state index contributed by atoms with van der Waals surface area (Å²) in [6.45, 7) is 1.67. The highest BCUT2D eigenvalue weighted by atomic mass is 16.1. The Hall–Kier alpha value is -3.34. The molecule has 0 radical (unpaired) electrons. The lowest BCUT2D eigenvalue weighted by Crippen LogP contribution is -2.21. The van der Waals surface area contributed by atoms with Crippen LogP contribution in [-0.4, -0.2) is 30.1 Å². The van der Waals surface area contributed by atoms with E-state index in [9.17, 15) is 4.79 Å². The van der Waals surface area contributed by atoms with Crippen molar-refractivity contribution < 1.29 is 0 Å². The molecular weight excluding hydrogens is 336 g/mol. The van der Waals surface area contributed by atoms with Crippen molar-refractivity contribution in [2.75, 3.05) is 30.4 Å². The highest BCUT2D eigenvalue weighted by molar-refractivity contribution is 5.81. The molecule has 0 amide bonds. The minimum atomic E-state index is 0.0335. The summed E-state index contributed by atoms with van der Waals surface area (Å²) < 4.78 is 0. The Morgan fingerprint density at radius 3 is 2.81 bits per heavy atom. The van der Waals surface area contributed by atoms with Gasteiger partial charge in [-0.15, -0.1) is 0 Å². The topological polar surface area (TPSA) is 61.0 Å². The molecule has 4 rings (SSSR count). The van der Waals surface area contributed by atoms with Gasteiger partial charge in [0.2, 0.25) is 0 Å². The summed E-state index contributed by atoms with van der Waals surface area (Å²) in [7, 11) is 2.07. The summed E-state index contributed by atoms with van der Waals surface area (Å²) in [4.78, 5) is 22.1. The Labute approximate surface area is 157 Å². The maximum Gasteiger partial charge on any atom is 0.191 e. The highest BCUT2D eigenvalue weighted by Crippen LogP contribution is 2.19. The third kappa shape index (κ3) is 3.77. The number of para-hydroxylation sites is 2. The Morgan fingerprint density at radius 2 is 1.89 bits per heavy atom. The number of nitrogens with one attached hydrogen (secondary N) is 2. The zero-order valence-corrected chi connectivity index (χ0v) is 15.3. The van der Waals surface area contributed by atoms with Gasteiger partial charge >= 0.3 is 0 Å². The first kappa shape index (κ1) is 17.1. The summed E-state index contributed by atoms with van der Waals surface area (Å²) in [5.74, 6) is 0.758. The number of nitrogens with zero attached hydrogens (tertiary/aromatic N) is 2. The lowest BCUT2D eigenvalue weighted by atomic mass is 10.2. The molecule has 0 bridgehead atoms. The van der Waals surface area contributed by atoms with E-state index in [1.165, 1.54) is 0 Å². The van der Waals surface area contributed by atoms with Crippen LogP contribution >= 0.6 is 0 Å². The van der Waals surface area contributed by atoms with E-state index in [-0.39, 0.29) is 5.43 Å². The zero-order valence-electron chi connectivity index (χ0n) is 15.3. The predicted octanol–water partition coefficient (Wildman–Crippen LogP) is 4.01. The quantitative estimate of drug-likeness (QED) is 0.511. The highest BCUT2D eigenvalue weighted by Gasteiger charge is 2.04. The van der Waals surface area contributed by atoms with E-state index < -0.39 is 0 Å². The van der Waals surface area contributed by atoms with Crippen LogP contribution in [0, 0.1) is 0 Å². The van der Waals surface area contributed by atoms with E-state index in [1.54, 1.807) is 6.07 Å². The minimum Gasteiger partial charge on any atom is -0.373 e. The number of anilines is 2. The molecule has 5 heteroatoms. The summed E-state index contributed by atoms with van der Waals surface area (Å²) in [5.41, 5.74) is 3.00. The molecule has 136 valence electrons. The van der Waals surface area contributed by atoms with Gasteiger partial charge in [-0.2, -0.15) is 0 Å². The van der Waals surface area contributed by atoms with Crippen LogP contribution in [0.15, 0.2) is 71.7 Å². The van der Waals surface area contributed by atoms with Crippen LogP contribution in [0.5, 0.6) is 0 Å². The van der Waals surface area contributed by atoms with Crippen molar-refractivity contribution in [2.45, 2.75) is 6.42 Å². The molecule has 0 saturated carbocycles. The van der Waals surface area contributed by atoms with Crippen molar-refractivity contribution in [1.82, 2.24) is 9.97 Å². The fraction of sp³-hybridized carbons (Fsp3) is 0.182. The third-order valence-electron chi connectivity index (χ3n) is 4.74. The van der Waals surface area contributed by atoms with E-state index in [1.807, 2.05) is 48.7 Å². The van der Waals surface area contributed by atoms with Crippen LogP contribution in [0.25, 0.3) is 21.8 Å². The number of benzene rings is 2. The minimum absolute atomic E-state index is 0.0335. The summed E-state index contributed by atoms with van der Waals surface area (Å²) in [6, 6.07) is 19.5. The second-order valence-corrected chi connectivity index (χ2v) is 6.68. The lowest BCUT2D eigenvalue weighted by molar-refractivity contribution is 0.813. The van der Waals surface area contributed by atoms with E-state index in [0.29, 0.717) is 5.39 Å². The van der Waals surface area contributed by atoms with E-state index in [4.69, 9.17) is 0 Å². The molecule has 0 aliphatic rings. The third-order valence-corrected chi connectivity index (χ3v) is 4.74. The number of aromatic nitrogens is 2. The first-order valence-electron chi connectivity index (χ1n) is 9.12. The van der Waals surface area contributed by atoms with Crippen LogP contribution in [-0.2, 0) is 0 Å². The molecule has 5 nitrogen and oxygen atoms in total. The summed E-state index contributed by atoms with van der Waals surface area (Å²) in [6.07, 6.45) is 2.86. The van der Waals surface area contributed by atoms with Gasteiger partial charge in [-0.05, 0) is 30.7 Å². The van der Waals surface area contributed by atoms with Crippen molar-refractivity contribution >= 4 is 33.3 Å². The fourth-order valence-corrected chi connectivity index (χ4v) is 3.23. The summed E-state index contributed by atoms with van der Waals surface area (Å²) in [5, 5.41) is 5.18. The number of H-pyrrole nitrogens is 1. The molecule has 2 N–H and O–H groups in total. The van der Waals surface area contributed by atoms with E-state index in [0.717, 1.165) is 47.4 Å². The van der Waals surface area contributed by atoms with Gasteiger partial charge in [0.15, 0.2) is 5.43 Å². The number of pyridine rings is 2. The molecule has 0 aliphatic heterocycles. The van der Waals surface area contributed by atoms with E-state index in [2.05, 4.69) is 39.4 Å². The normalized spacial score (nSPS) is 11.0. The van der Waals surface area contributed by atoms with Gasteiger partial charge in [0.05, 0.1) is 22.9 Å². The van der Waals surface area contributed by atoms with Gasteiger partial charge in [-0.25, -0.2) is 0 Å². The van der Waals surface area contributed by atoms with Crippen LogP contribution in [0.3, 0.4) is 0 Å². The van der Waals surface area contributed by atoms with Crippen LogP contribution in [0.1, 0.15) is 6.42 Å². The molecule has 0 fully saturated rings. The van der Waals surface area contributed by atoms with Crippen molar-refractivity contribution in [3.8, 4) is 0 Å². The van der Waals surface area contributed by atoms with Crippen molar-refractivity contribution in [2.24, 2.45) is 0 Å². The first-order valence-corrected chi connectivity index (χ1v) is 9.12. The van der Waals surface area contributed by atoms with Gasteiger partial charge in [0.1, 0.15) is 5.82 Å². The number of hydrogen-bond acceptors (Lipinski definition) is 4. The van der Waals surface area contributed by atoms with E-state index >= 15 is 0 Å². The van der Waals surface area contributed by atoms with Crippen LogP contribution < -0.4 is 15.6 Å². The summed E-state index contributed by atoms with van der Waals surface area (Å²) >= 11 is 0. The number of aromatic amines is 1. The fourth-order valence-electron chi connectivity index (χ4n) is 3.23. The predicted molar refractivity (Wildman–Crippen MR) is 113 cm³/mol. The number of hydrogen-bond donors (Lipinski definition) is 2. The average molecular weight is 358 g/mol. The Kier molecular flexibility index (Phi) is 4.75. The first-order chi connectivity index (χ1) is 13.2. The molecule has 27 heavy (non-hydrogen) atoms. The van der Waals surface area contributed by atoms with Crippen LogP contribution in [0.2, 0.25) is 0 Å².